The molecule has 196 valence electrons. The van der Waals surface area contributed by atoms with Crippen molar-refractivity contribution in [3.05, 3.63) is 131 Å². The van der Waals surface area contributed by atoms with E-state index in [2.05, 4.69) is 5.32 Å². The first kappa shape index (κ1) is 25.7. The summed E-state index contributed by atoms with van der Waals surface area (Å²) in [6, 6.07) is 33.0. The van der Waals surface area contributed by atoms with E-state index in [1.54, 1.807) is 28.7 Å². The topological polar surface area (TPSA) is 76.5 Å². The van der Waals surface area contributed by atoms with Crippen LogP contribution in [0.25, 0.3) is 16.6 Å². The van der Waals surface area contributed by atoms with E-state index in [1.165, 1.54) is 0 Å². The van der Waals surface area contributed by atoms with E-state index in [0.717, 1.165) is 5.56 Å². The summed E-state index contributed by atoms with van der Waals surface area (Å²) in [7, 11) is 1.59. The van der Waals surface area contributed by atoms with E-state index in [4.69, 9.17) is 9.72 Å². The van der Waals surface area contributed by atoms with Gasteiger partial charge < -0.3 is 15.0 Å². The molecular weight excluding hydrogens is 488 g/mol. The van der Waals surface area contributed by atoms with Crippen molar-refractivity contribution in [3.63, 3.8) is 0 Å². The Bertz CT molecular complexity index is 1630. The highest BCUT2D eigenvalue weighted by Crippen LogP contribution is 2.29. The number of nitrogens with zero attached hydrogens (tertiary/aromatic N) is 3. The lowest BCUT2D eigenvalue weighted by Crippen LogP contribution is -2.40. The van der Waals surface area contributed by atoms with Crippen molar-refractivity contribution in [2.75, 3.05) is 12.4 Å². The highest BCUT2D eigenvalue weighted by atomic mass is 16.5. The van der Waals surface area contributed by atoms with Crippen LogP contribution in [0.2, 0.25) is 0 Å². The zero-order valence-electron chi connectivity index (χ0n) is 22.0. The van der Waals surface area contributed by atoms with Crippen molar-refractivity contribution in [2.45, 2.75) is 25.9 Å². The number of benzene rings is 4. The van der Waals surface area contributed by atoms with Gasteiger partial charge in [0.2, 0.25) is 0 Å². The lowest BCUT2D eigenvalue weighted by molar-refractivity contribution is 0.177. The lowest BCUT2D eigenvalue weighted by Gasteiger charge is -2.32. The van der Waals surface area contributed by atoms with Crippen LogP contribution in [0.5, 0.6) is 5.75 Å². The van der Waals surface area contributed by atoms with Crippen molar-refractivity contribution in [2.24, 2.45) is 0 Å². The van der Waals surface area contributed by atoms with E-state index in [9.17, 15) is 9.59 Å². The summed E-state index contributed by atoms with van der Waals surface area (Å²) in [4.78, 5) is 34.5. The molecule has 0 saturated carbocycles. The van der Waals surface area contributed by atoms with E-state index in [-0.39, 0.29) is 11.6 Å². The molecule has 7 heteroatoms. The summed E-state index contributed by atoms with van der Waals surface area (Å²) in [6.45, 7) is 2.32. The van der Waals surface area contributed by atoms with Crippen molar-refractivity contribution >= 4 is 22.6 Å². The largest absolute Gasteiger partial charge is 0.497 e. The van der Waals surface area contributed by atoms with Gasteiger partial charge in [-0.1, -0.05) is 73.7 Å². The van der Waals surface area contributed by atoms with E-state index in [0.29, 0.717) is 46.8 Å². The summed E-state index contributed by atoms with van der Waals surface area (Å²) in [5.74, 6) is 1.15. The van der Waals surface area contributed by atoms with Crippen LogP contribution in [0.1, 0.15) is 30.8 Å². The summed E-state index contributed by atoms with van der Waals surface area (Å²) in [6.07, 6.45) is 0.538. The van der Waals surface area contributed by atoms with Crippen molar-refractivity contribution in [1.82, 2.24) is 14.5 Å². The molecule has 0 aliphatic heterocycles. The number of methoxy groups -OCH3 is 1. The second-order valence-electron chi connectivity index (χ2n) is 9.16. The van der Waals surface area contributed by atoms with Gasteiger partial charge in [0.05, 0.1) is 29.7 Å². The Hall–Kier alpha value is -4.91. The van der Waals surface area contributed by atoms with E-state index < -0.39 is 6.04 Å². The molecule has 0 fully saturated rings. The monoisotopic (exact) mass is 518 g/mol. The van der Waals surface area contributed by atoms with Crippen LogP contribution in [-0.2, 0) is 6.54 Å². The van der Waals surface area contributed by atoms with Crippen LogP contribution in [0, 0.1) is 0 Å². The van der Waals surface area contributed by atoms with Gasteiger partial charge in [0.1, 0.15) is 11.6 Å². The predicted molar refractivity (Wildman–Crippen MR) is 154 cm³/mol. The number of ether oxygens (including phenoxy) is 1. The fraction of sp³-hybridized carbons (Fsp3) is 0.156. The van der Waals surface area contributed by atoms with Crippen LogP contribution < -0.4 is 15.6 Å². The van der Waals surface area contributed by atoms with Crippen LogP contribution in [0.3, 0.4) is 0 Å². The molecule has 1 N–H and O–H groups in total. The smallest absolute Gasteiger partial charge is 0.322 e. The number of para-hydroxylation sites is 2. The molecule has 1 unspecified atom stereocenters. The summed E-state index contributed by atoms with van der Waals surface area (Å²) in [5, 5.41) is 3.55. The first-order chi connectivity index (χ1) is 19.1. The average Bonchev–Trinajstić information content (AvgIpc) is 2.98. The average molecular weight is 519 g/mol. The number of rotatable bonds is 8. The minimum Gasteiger partial charge on any atom is -0.497 e. The zero-order chi connectivity index (χ0) is 27.2. The molecule has 0 bridgehead atoms. The van der Waals surface area contributed by atoms with Crippen molar-refractivity contribution in [3.8, 4) is 11.4 Å². The third-order valence-corrected chi connectivity index (χ3v) is 6.65. The fourth-order valence-electron chi connectivity index (χ4n) is 4.74. The minimum atomic E-state index is -0.506. The third kappa shape index (κ3) is 5.52. The van der Waals surface area contributed by atoms with Gasteiger partial charge in [-0.15, -0.1) is 0 Å². The van der Waals surface area contributed by atoms with Crippen LogP contribution in [0.4, 0.5) is 10.5 Å². The molecule has 39 heavy (non-hydrogen) atoms. The second kappa shape index (κ2) is 11.6. The van der Waals surface area contributed by atoms with Gasteiger partial charge in [-0.05, 0) is 48.4 Å². The molecule has 1 heterocycles. The molecule has 0 spiro atoms. The molecule has 0 aliphatic rings. The van der Waals surface area contributed by atoms with Gasteiger partial charge in [-0.2, -0.15) is 0 Å². The maximum absolute atomic E-state index is 13.9. The van der Waals surface area contributed by atoms with Crippen LogP contribution in [0.15, 0.2) is 114 Å². The maximum Gasteiger partial charge on any atom is 0.322 e. The Kier molecular flexibility index (Phi) is 7.68. The molecule has 5 rings (SSSR count). The number of fused-ring (bicyclic) bond motifs is 1. The molecule has 5 aromatic rings. The molecule has 7 nitrogen and oxygen atoms in total. The van der Waals surface area contributed by atoms with Gasteiger partial charge in [-0.3, -0.25) is 9.36 Å². The molecule has 2 amide bonds. The Morgan fingerprint density at radius 3 is 2.33 bits per heavy atom. The Balaban J connectivity index is 1.66. The number of anilines is 1. The number of carbonyl (C=O) groups is 1. The number of aromatic nitrogens is 2. The second-order valence-corrected chi connectivity index (χ2v) is 9.16. The zero-order valence-corrected chi connectivity index (χ0v) is 22.0. The summed E-state index contributed by atoms with van der Waals surface area (Å²) >= 11 is 0. The number of carbonyl (C=O) groups excluding carboxylic acids is 1. The van der Waals surface area contributed by atoms with Gasteiger partial charge in [0.25, 0.3) is 5.56 Å². The Morgan fingerprint density at radius 1 is 0.923 bits per heavy atom. The molecule has 0 radical (unpaired) electrons. The van der Waals surface area contributed by atoms with Crippen molar-refractivity contribution < 1.29 is 9.53 Å². The number of amides is 2. The minimum absolute atomic E-state index is 0.173. The standard InChI is InChI=1S/C32H30N4O3/c1-3-29(30-34-28-20-11-10-19-27(28)31(37)36(30)25-16-8-5-9-17-25)35(22-23-13-6-4-7-14-23)32(38)33-24-15-12-18-26(21-24)39-2/h4-21,29H,3,22H2,1-2H3,(H,33,38). The number of urea groups is 1. The predicted octanol–water partition coefficient (Wildman–Crippen LogP) is 6.58. The quantitative estimate of drug-likeness (QED) is 0.252. The normalized spacial score (nSPS) is 11.6. The third-order valence-electron chi connectivity index (χ3n) is 6.65. The van der Waals surface area contributed by atoms with E-state index in [1.807, 2.05) is 104 Å². The first-order valence-electron chi connectivity index (χ1n) is 12.9. The van der Waals surface area contributed by atoms with Gasteiger partial charge in [0.15, 0.2) is 0 Å². The van der Waals surface area contributed by atoms with Gasteiger partial charge in [0, 0.05) is 18.3 Å². The maximum atomic E-state index is 13.9. The molecular formula is C32H30N4O3. The first-order valence-corrected chi connectivity index (χ1v) is 12.9. The van der Waals surface area contributed by atoms with Gasteiger partial charge in [-0.25, -0.2) is 9.78 Å². The summed E-state index contributed by atoms with van der Waals surface area (Å²) in [5.41, 5.74) is 2.69. The molecule has 1 atom stereocenters. The number of nitrogens with one attached hydrogen (secondary N) is 1. The molecule has 1 aromatic heterocycles. The van der Waals surface area contributed by atoms with Crippen molar-refractivity contribution in [1.29, 1.82) is 0 Å². The Morgan fingerprint density at radius 2 is 1.62 bits per heavy atom. The molecule has 0 saturated heterocycles. The lowest BCUT2D eigenvalue weighted by atomic mass is 10.1. The van der Waals surface area contributed by atoms with Crippen LogP contribution >= 0.6 is 0 Å². The Labute approximate surface area is 227 Å². The molecule has 0 aliphatic carbocycles. The fourth-order valence-corrected chi connectivity index (χ4v) is 4.74. The SMILES string of the molecule is CCC(c1nc2ccccc2c(=O)n1-c1ccccc1)N(Cc1ccccc1)C(=O)Nc1cccc(OC)c1. The highest BCUT2D eigenvalue weighted by Gasteiger charge is 2.29. The number of hydrogen-bond acceptors (Lipinski definition) is 4. The van der Waals surface area contributed by atoms with Crippen LogP contribution in [-0.4, -0.2) is 27.6 Å². The summed E-state index contributed by atoms with van der Waals surface area (Å²) < 4.78 is 6.97. The van der Waals surface area contributed by atoms with E-state index >= 15 is 0 Å². The van der Waals surface area contributed by atoms with Gasteiger partial charge >= 0.3 is 6.03 Å². The number of hydrogen-bond donors (Lipinski definition) is 1. The highest BCUT2D eigenvalue weighted by molar-refractivity contribution is 5.90. The molecule has 4 aromatic carbocycles.